The highest BCUT2D eigenvalue weighted by Crippen LogP contribution is 2.39. The normalized spacial score (nSPS) is 25.7. The van der Waals surface area contributed by atoms with Gasteiger partial charge in [-0.05, 0) is 50.1 Å². The zero-order chi connectivity index (χ0) is 16.0. The molecule has 2 aliphatic rings. The topological polar surface area (TPSA) is 75.3 Å². The first kappa shape index (κ1) is 15.3. The van der Waals surface area contributed by atoms with Crippen molar-refractivity contribution in [3.8, 4) is 0 Å². The number of aromatic nitrogens is 2. The Morgan fingerprint density at radius 3 is 3.04 bits per heavy atom. The second-order valence-electron chi connectivity index (χ2n) is 7.09. The number of aliphatic hydroxyl groups is 1. The van der Waals surface area contributed by atoms with Crippen molar-refractivity contribution in [2.75, 3.05) is 18.8 Å². The van der Waals surface area contributed by atoms with Crippen LogP contribution in [0.5, 0.6) is 0 Å². The summed E-state index contributed by atoms with van der Waals surface area (Å²) in [5.74, 6) is 2.17. The molecular weight excluding hydrogens is 308 g/mol. The van der Waals surface area contributed by atoms with Gasteiger partial charge < -0.3 is 10.8 Å². The number of aryl methyl sites for hydroxylation is 1. The lowest BCUT2D eigenvalue weighted by Gasteiger charge is -2.29. The molecule has 3 heterocycles. The maximum atomic E-state index is 9.81. The number of rotatable bonds is 2. The van der Waals surface area contributed by atoms with E-state index in [0.717, 1.165) is 54.2 Å². The van der Waals surface area contributed by atoms with E-state index >= 15 is 0 Å². The monoisotopic (exact) mass is 332 g/mol. The fourth-order valence-corrected chi connectivity index (χ4v) is 5.27. The van der Waals surface area contributed by atoms with Gasteiger partial charge in [0.15, 0.2) is 0 Å². The molecule has 1 aliphatic heterocycles. The highest BCUT2D eigenvalue weighted by atomic mass is 32.1. The van der Waals surface area contributed by atoms with Crippen LogP contribution >= 0.6 is 11.3 Å². The zero-order valence-electron chi connectivity index (χ0n) is 13.6. The maximum Gasteiger partial charge on any atom is 0.146 e. The smallest absolute Gasteiger partial charge is 0.146 e. The number of nitrogen functional groups attached to an aromatic ring is 1. The van der Waals surface area contributed by atoms with Crippen molar-refractivity contribution in [3.63, 3.8) is 0 Å². The van der Waals surface area contributed by atoms with Crippen molar-refractivity contribution < 1.29 is 5.11 Å². The quantitative estimate of drug-likeness (QED) is 0.883. The van der Waals surface area contributed by atoms with Gasteiger partial charge in [0.05, 0.1) is 18.0 Å². The standard InChI is InChI=1S/C17H24N4OS/c1-10-4-5-12-13(7-10)23-17-15(12)16(18)19-14(20-17)9-21-6-2-3-11(22)8-21/h10-11,22H,2-9H2,1H3,(H2,18,19,20). The molecule has 6 heteroatoms. The Balaban J connectivity index is 1.65. The van der Waals surface area contributed by atoms with Crippen LogP contribution in [0.25, 0.3) is 10.2 Å². The van der Waals surface area contributed by atoms with Gasteiger partial charge in [-0.2, -0.15) is 0 Å². The number of likely N-dealkylation sites (tertiary alicyclic amines) is 1. The van der Waals surface area contributed by atoms with Gasteiger partial charge >= 0.3 is 0 Å². The fourth-order valence-electron chi connectivity index (χ4n) is 3.86. The van der Waals surface area contributed by atoms with E-state index in [4.69, 9.17) is 10.7 Å². The Labute approximate surface area is 140 Å². The minimum absolute atomic E-state index is 0.222. The third-order valence-corrected chi connectivity index (χ3v) is 6.22. The third-order valence-electron chi connectivity index (χ3n) is 5.08. The number of nitrogens with zero attached hydrogens (tertiary/aromatic N) is 3. The van der Waals surface area contributed by atoms with Crippen LogP contribution in [0.15, 0.2) is 0 Å². The number of nitrogens with two attached hydrogens (primary N) is 1. The molecule has 2 unspecified atom stereocenters. The van der Waals surface area contributed by atoms with Crippen molar-refractivity contribution in [1.82, 2.24) is 14.9 Å². The summed E-state index contributed by atoms with van der Waals surface area (Å²) in [5, 5.41) is 10.9. The first-order valence-corrected chi connectivity index (χ1v) is 9.39. The van der Waals surface area contributed by atoms with Crippen molar-refractivity contribution in [3.05, 3.63) is 16.3 Å². The molecule has 1 aliphatic carbocycles. The summed E-state index contributed by atoms with van der Waals surface area (Å²) in [5.41, 5.74) is 7.67. The molecule has 0 spiro atoms. The molecule has 0 amide bonds. The highest BCUT2D eigenvalue weighted by Gasteiger charge is 2.24. The SMILES string of the molecule is CC1CCc2c(sc3nc(CN4CCCC(O)C4)nc(N)c23)C1. The minimum Gasteiger partial charge on any atom is -0.392 e. The Hall–Kier alpha value is -1.24. The molecule has 2 atom stereocenters. The predicted octanol–water partition coefficient (Wildman–Crippen LogP) is 2.36. The van der Waals surface area contributed by atoms with Gasteiger partial charge in [0.1, 0.15) is 16.5 Å². The second-order valence-corrected chi connectivity index (χ2v) is 8.17. The van der Waals surface area contributed by atoms with Gasteiger partial charge in [-0.1, -0.05) is 6.92 Å². The van der Waals surface area contributed by atoms with Crippen LogP contribution in [0.1, 0.15) is 42.5 Å². The molecule has 5 nitrogen and oxygen atoms in total. The number of piperidine rings is 1. The van der Waals surface area contributed by atoms with Gasteiger partial charge in [-0.25, -0.2) is 9.97 Å². The van der Waals surface area contributed by atoms with Gasteiger partial charge in [-0.3, -0.25) is 4.90 Å². The lowest BCUT2D eigenvalue weighted by atomic mass is 9.89. The number of aliphatic hydroxyl groups excluding tert-OH is 1. The van der Waals surface area contributed by atoms with Crippen LogP contribution in [0.3, 0.4) is 0 Å². The molecule has 23 heavy (non-hydrogen) atoms. The summed E-state index contributed by atoms with van der Waals surface area (Å²) in [6.45, 7) is 4.70. The van der Waals surface area contributed by atoms with Crippen molar-refractivity contribution in [2.24, 2.45) is 5.92 Å². The Morgan fingerprint density at radius 1 is 1.35 bits per heavy atom. The molecule has 0 saturated carbocycles. The van der Waals surface area contributed by atoms with Gasteiger partial charge in [0.2, 0.25) is 0 Å². The van der Waals surface area contributed by atoms with Crippen LogP contribution in [0, 0.1) is 5.92 Å². The Kier molecular flexibility index (Phi) is 3.99. The lowest BCUT2D eigenvalue weighted by molar-refractivity contribution is 0.0656. The molecule has 0 radical (unpaired) electrons. The van der Waals surface area contributed by atoms with Crippen LogP contribution < -0.4 is 5.73 Å². The van der Waals surface area contributed by atoms with E-state index < -0.39 is 0 Å². The van der Waals surface area contributed by atoms with Gasteiger partial charge in [0, 0.05) is 11.4 Å². The Morgan fingerprint density at radius 2 is 2.22 bits per heavy atom. The van der Waals surface area contributed by atoms with Gasteiger partial charge in [-0.15, -0.1) is 11.3 Å². The van der Waals surface area contributed by atoms with Gasteiger partial charge in [0.25, 0.3) is 0 Å². The summed E-state index contributed by atoms with van der Waals surface area (Å²) < 4.78 is 0. The van der Waals surface area contributed by atoms with E-state index in [1.807, 2.05) is 0 Å². The maximum absolute atomic E-state index is 9.81. The molecule has 0 bridgehead atoms. The average molecular weight is 332 g/mol. The minimum atomic E-state index is -0.222. The summed E-state index contributed by atoms with van der Waals surface area (Å²) in [6, 6.07) is 0. The first-order chi connectivity index (χ1) is 11.1. The number of β-amino-alcohol motifs (C(OH)–C–C–N with tert-alkyl or cyclic N) is 1. The number of thiophene rings is 1. The zero-order valence-corrected chi connectivity index (χ0v) is 14.4. The van der Waals surface area contributed by atoms with E-state index in [1.54, 1.807) is 11.3 Å². The van der Waals surface area contributed by atoms with Crippen LogP contribution in [-0.4, -0.2) is 39.2 Å². The van der Waals surface area contributed by atoms with Crippen LogP contribution in [0.2, 0.25) is 0 Å². The van der Waals surface area contributed by atoms with Crippen molar-refractivity contribution in [2.45, 2.75) is 51.7 Å². The van der Waals surface area contributed by atoms with E-state index in [1.165, 1.54) is 16.9 Å². The molecule has 1 fully saturated rings. The highest BCUT2D eigenvalue weighted by molar-refractivity contribution is 7.19. The summed E-state index contributed by atoms with van der Waals surface area (Å²) in [4.78, 5) is 14.1. The number of hydrogen-bond donors (Lipinski definition) is 2. The van der Waals surface area contributed by atoms with E-state index in [9.17, 15) is 5.11 Å². The van der Waals surface area contributed by atoms with Crippen molar-refractivity contribution in [1.29, 1.82) is 0 Å². The first-order valence-electron chi connectivity index (χ1n) is 8.57. The summed E-state index contributed by atoms with van der Waals surface area (Å²) >= 11 is 1.80. The van der Waals surface area contributed by atoms with Crippen molar-refractivity contribution >= 4 is 27.4 Å². The average Bonchev–Trinajstić information content (AvgIpc) is 2.84. The molecule has 124 valence electrons. The largest absolute Gasteiger partial charge is 0.392 e. The molecule has 0 aromatic carbocycles. The Bertz CT molecular complexity index is 729. The number of hydrogen-bond acceptors (Lipinski definition) is 6. The van der Waals surface area contributed by atoms with Crippen LogP contribution in [0.4, 0.5) is 5.82 Å². The summed E-state index contributed by atoms with van der Waals surface area (Å²) in [6.07, 6.45) is 5.18. The van der Waals surface area contributed by atoms with E-state index in [0.29, 0.717) is 18.9 Å². The molecule has 3 N–H and O–H groups in total. The molecular formula is C17H24N4OS. The molecule has 1 saturated heterocycles. The van der Waals surface area contributed by atoms with E-state index in [-0.39, 0.29) is 6.10 Å². The molecule has 4 rings (SSSR count). The number of anilines is 1. The van der Waals surface area contributed by atoms with Crippen LogP contribution in [-0.2, 0) is 19.4 Å². The lowest BCUT2D eigenvalue weighted by Crippen LogP contribution is -2.38. The molecule has 2 aromatic rings. The number of fused-ring (bicyclic) bond motifs is 3. The van der Waals surface area contributed by atoms with E-state index in [2.05, 4.69) is 16.8 Å². The summed E-state index contributed by atoms with van der Waals surface area (Å²) in [7, 11) is 0. The third kappa shape index (κ3) is 2.95. The fraction of sp³-hybridized carbons (Fsp3) is 0.647. The second kappa shape index (κ2) is 6.00. The predicted molar refractivity (Wildman–Crippen MR) is 93.5 cm³/mol. The molecule has 2 aromatic heterocycles.